The number of esters is 1. The van der Waals surface area contributed by atoms with Crippen LogP contribution in [0.3, 0.4) is 0 Å². The van der Waals surface area contributed by atoms with Gasteiger partial charge in [-0.1, -0.05) is 19.0 Å². The quantitative estimate of drug-likeness (QED) is 0.728. The Morgan fingerprint density at radius 2 is 2.08 bits per heavy atom. The summed E-state index contributed by atoms with van der Waals surface area (Å²) < 4.78 is 15.3. The van der Waals surface area contributed by atoms with Gasteiger partial charge in [0.2, 0.25) is 11.7 Å². The zero-order valence-electron chi connectivity index (χ0n) is 15.0. The van der Waals surface area contributed by atoms with E-state index in [9.17, 15) is 9.59 Å². The first kappa shape index (κ1) is 18.2. The van der Waals surface area contributed by atoms with Crippen molar-refractivity contribution in [3.63, 3.8) is 0 Å². The molecule has 8 heteroatoms. The third-order valence-electron chi connectivity index (χ3n) is 4.33. The fraction of sp³-hybridized carbons (Fsp3) is 0.556. The molecule has 0 aromatic carbocycles. The lowest BCUT2D eigenvalue weighted by Crippen LogP contribution is -2.44. The molecule has 1 fully saturated rings. The summed E-state index contributed by atoms with van der Waals surface area (Å²) in [5.41, 5.74) is 0. The van der Waals surface area contributed by atoms with E-state index in [-0.39, 0.29) is 25.4 Å². The summed E-state index contributed by atoms with van der Waals surface area (Å²) >= 11 is 0. The minimum absolute atomic E-state index is 0.0693. The number of amides is 1. The summed E-state index contributed by atoms with van der Waals surface area (Å²) in [6.07, 6.45) is 2.95. The van der Waals surface area contributed by atoms with Crippen molar-refractivity contribution in [3.05, 3.63) is 24.3 Å². The SMILES string of the molecule is CC1CC(C)CN(C(=O)COC(=O)CCc2nc(-c3ccco3)no2)C1. The minimum Gasteiger partial charge on any atom is -0.461 e. The Bertz CT molecular complexity index is 730. The number of aryl methyl sites for hydroxylation is 1. The zero-order chi connectivity index (χ0) is 18.5. The average molecular weight is 361 g/mol. The van der Waals surface area contributed by atoms with Crippen molar-refractivity contribution in [1.29, 1.82) is 0 Å². The molecule has 140 valence electrons. The summed E-state index contributed by atoms with van der Waals surface area (Å²) in [7, 11) is 0. The number of piperidine rings is 1. The standard InChI is InChI=1S/C18H23N3O5/c1-12-8-13(2)10-21(9-12)16(22)11-25-17(23)6-5-15-19-18(20-26-15)14-4-3-7-24-14/h3-4,7,12-13H,5-6,8-11H2,1-2H3. The van der Waals surface area contributed by atoms with Gasteiger partial charge in [-0.25, -0.2) is 0 Å². The van der Waals surface area contributed by atoms with Crippen LogP contribution in [0.25, 0.3) is 11.6 Å². The molecule has 3 heterocycles. The number of hydrogen-bond acceptors (Lipinski definition) is 7. The second-order valence-electron chi connectivity index (χ2n) is 6.89. The van der Waals surface area contributed by atoms with Crippen LogP contribution >= 0.6 is 0 Å². The first-order chi connectivity index (χ1) is 12.5. The van der Waals surface area contributed by atoms with Crippen molar-refractivity contribution in [2.24, 2.45) is 11.8 Å². The van der Waals surface area contributed by atoms with E-state index in [1.165, 1.54) is 6.26 Å². The summed E-state index contributed by atoms with van der Waals surface area (Å²) in [4.78, 5) is 30.0. The predicted molar refractivity (Wildman–Crippen MR) is 90.8 cm³/mol. The Kier molecular flexibility index (Phi) is 5.70. The van der Waals surface area contributed by atoms with Gasteiger partial charge in [-0.15, -0.1) is 0 Å². The predicted octanol–water partition coefficient (Wildman–Crippen LogP) is 2.31. The maximum Gasteiger partial charge on any atom is 0.306 e. The maximum atomic E-state index is 12.2. The van der Waals surface area contributed by atoms with Gasteiger partial charge < -0.3 is 18.6 Å². The number of furan rings is 1. The Hall–Kier alpha value is -2.64. The highest BCUT2D eigenvalue weighted by atomic mass is 16.5. The Labute approximate surface area is 151 Å². The fourth-order valence-corrected chi connectivity index (χ4v) is 3.24. The van der Waals surface area contributed by atoms with Gasteiger partial charge in [0, 0.05) is 19.5 Å². The molecule has 0 spiro atoms. The lowest BCUT2D eigenvalue weighted by atomic mass is 9.92. The van der Waals surface area contributed by atoms with E-state index in [1.54, 1.807) is 17.0 Å². The summed E-state index contributed by atoms with van der Waals surface area (Å²) in [6, 6.07) is 3.44. The van der Waals surface area contributed by atoms with E-state index in [0.29, 0.717) is 29.3 Å². The minimum atomic E-state index is -0.464. The van der Waals surface area contributed by atoms with E-state index in [0.717, 1.165) is 19.5 Å². The normalized spacial score (nSPS) is 20.2. The average Bonchev–Trinajstić information content (AvgIpc) is 3.28. The number of likely N-dealkylation sites (tertiary alicyclic amines) is 1. The fourth-order valence-electron chi connectivity index (χ4n) is 3.24. The molecule has 2 aromatic rings. The van der Waals surface area contributed by atoms with Crippen LogP contribution in [0.5, 0.6) is 0 Å². The molecule has 2 atom stereocenters. The highest BCUT2D eigenvalue weighted by Gasteiger charge is 2.26. The highest BCUT2D eigenvalue weighted by Crippen LogP contribution is 2.21. The molecular weight excluding hydrogens is 338 g/mol. The largest absolute Gasteiger partial charge is 0.461 e. The van der Waals surface area contributed by atoms with Crippen LogP contribution < -0.4 is 0 Å². The molecular formula is C18H23N3O5. The first-order valence-electron chi connectivity index (χ1n) is 8.81. The van der Waals surface area contributed by atoms with Crippen molar-refractivity contribution in [3.8, 4) is 11.6 Å². The summed E-state index contributed by atoms with van der Waals surface area (Å²) in [6.45, 7) is 5.48. The van der Waals surface area contributed by atoms with Gasteiger partial charge in [-0.3, -0.25) is 9.59 Å². The lowest BCUT2D eigenvalue weighted by molar-refractivity contribution is -0.153. The van der Waals surface area contributed by atoms with Gasteiger partial charge in [0.15, 0.2) is 12.4 Å². The van der Waals surface area contributed by atoms with Crippen LogP contribution in [0.2, 0.25) is 0 Å². The number of hydrogen-bond donors (Lipinski definition) is 0. The Balaban J connectivity index is 1.41. The van der Waals surface area contributed by atoms with Crippen LogP contribution in [-0.2, 0) is 20.7 Å². The second-order valence-corrected chi connectivity index (χ2v) is 6.89. The van der Waals surface area contributed by atoms with E-state index in [4.69, 9.17) is 13.7 Å². The number of rotatable bonds is 6. The molecule has 1 aliphatic rings. The monoisotopic (exact) mass is 361 g/mol. The molecule has 2 aromatic heterocycles. The Morgan fingerprint density at radius 3 is 2.77 bits per heavy atom. The number of aromatic nitrogens is 2. The topological polar surface area (TPSA) is 98.7 Å². The molecule has 1 saturated heterocycles. The third kappa shape index (κ3) is 4.71. The number of ether oxygens (including phenoxy) is 1. The third-order valence-corrected chi connectivity index (χ3v) is 4.33. The van der Waals surface area contributed by atoms with Crippen LogP contribution in [0.1, 0.15) is 32.6 Å². The number of carbonyl (C=O) groups is 2. The van der Waals surface area contributed by atoms with E-state index >= 15 is 0 Å². The molecule has 3 rings (SSSR count). The maximum absolute atomic E-state index is 12.2. The van der Waals surface area contributed by atoms with E-state index < -0.39 is 5.97 Å². The van der Waals surface area contributed by atoms with Crippen LogP contribution in [0.15, 0.2) is 27.3 Å². The molecule has 0 aliphatic carbocycles. The molecule has 1 aliphatic heterocycles. The van der Waals surface area contributed by atoms with Gasteiger partial charge in [0.1, 0.15) is 0 Å². The number of carbonyl (C=O) groups excluding carboxylic acids is 2. The smallest absolute Gasteiger partial charge is 0.306 e. The van der Waals surface area contributed by atoms with E-state index in [1.807, 2.05) is 0 Å². The number of nitrogens with zero attached hydrogens (tertiary/aromatic N) is 3. The van der Waals surface area contributed by atoms with Crippen LogP contribution in [-0.4, -0.2) is 46.6 Å². The lowest BCUT2D eigenvalue weighted by Gasteiger charge is -2.34. The van der Waals surface area contributed by atoms with Crippen molar-refractivity contribution >= 4 is 11.9 Å². The van der Waals surface area contributed by atoms with Crippen LogP contribution in [0.4, 0.5) is 0 Å². The molecule has 26 heavy (non-hydrogen) atoms. The van der Waals surface area contributed by atoms with Crippen molar-refractivity contribution in [2.45, 2.75) is 33.1 Å². The second kappa shape index (κ2) is 8.16. The molecule has 2 unspecified atom stereocenters. The van der Waals surface area contributed by atoms with Gasteiger partial charge in [-0.05, 0) is 30.4 Å². The van der Waals surface area contributed by atoms with Crippen molar-refractivity contribution in [2.75, 3.05) is 19.7 Å². The molecule has 1 amide bonds. The molecule has 0 bridgehead atoms. The summed E-state index contributed by atoms with van der Waals surface area (Å²) in [5.74, 6) is 1.49. The first-order valence-corrected chi connectivity index (χ1v) is 8.81. The van der Waals surface area contributed by atoms with Gasteiger partial charge in [-0.2, -0.15) is 4.98 Å². The Morgan fingerprint density at radius 1 is 1.31 bits per heavy atom. The van der Waals surface area contributed by atoms with Crippen molar-refractivity contribution < 1.29 is 23.3 Å². The van der Waals surface area contributed by atoms with Crippen LogP contribution in [0, 0.1) is 11.8 Å². The van der Waals surface area contributed by atoms with Gasteiger partial charge in [0.05, 0.1) is 12.7 Å². The van der Waals surface area contributed by atoms with Gasteiger partial charge >= 0.3 is 5.97 Å². The van der Waals surface area contributed by atoms with Gasteiger partial charge in [0.25, 0.3) is 5.91 Å². The molecule has 0 saturated carbocycles. The molecule has 8 nitrogen and oxygen atoms in total. The molecule has 0 N–H and O–H groups in total. The summed E-state index contributed by atoms with van der Waals surface area (Å²) in [5, 5.41) is 3.79. The zero-order valence-corrected chi connectivity index (χ0v) is 15.0. The molecule has 0 radical (unpaired) electrons. The van der Waals surface area contributed by atoms with Crippen molar-refractivity contribution in [1.82, 2.24) is 15.0 Å². The van der Waals surface area contributed by atoms with E-state index in [2.05, 4.69) is 24.0 Å². The highest BCUT2D eigenvalue weighted by molar-refractivity contribution is 5.80.